The highest BCUT2D eigenvalue weighted by atomic mass is 16.3. The Kier molecular flexibility index (Phi) is 2.99. The third-order valence-corrected chi connectivity index (χ3v) is 3.17. The number of benzene rings is 2. The van der Waals surface area contributed by atoms with Crippen LogP contribution in [0.1, 0.15) is 21.8 Å². The first kappa shape index (κ1) is 12.4. The molecule has 4 nitrogen and oxygen atoms in total. The van der Waals surface area contributed by atoms with Crippen molar-refractivity contribution < 1.29 is 9.21 Å². The molecule has 1 N–H and O–H groups in total. The van der Waals surface area contributed by atoms with Crippen molar-refractivity contribution in [3.8, 4) is 0 Å². The molecular formula is C16H14N2O2. The summed E-state index contributed by atoms with van der Waals surface area (Å²) in [5.74, 6) is 0.575. The van der Waals surface area contributed by atoms with E-state index >= 15 is 0 Å². The Labute approximate surface area is 116 Å². The zero-order valence-electron chi connectivity index (χ0n) is 11.3. The lowest BCUT2D eigenvalue weighted by molar-refractivity contribution is 0.103. The molecule has 0 unspecified atom stereocenters. The van der Waals surface area contributed by atoms with Gasteiger partial charge in [-0.05, 0) is 30.3 Å². The van der Waals surface area contributed by atoms with Gasteiger partial charge in [0.25, 0.3) is 0 Å². The molecule has 1 aromatic heterocycles. The SMILES string of the molecule is CNc1cccc(C(=O)c2ccc3oc(C)nc3c2)c1. The van der Waals surface area contributed by atoms with E-state index in [4.69, 9.17) is 4.42 Å². The molecule has 0 saturated carbocycles. The molecule has 3 aromatic rings. The van der Waals surface area contributed by atoms with Crippen LogP contribution in [-0.2, 0) is 0 Å². The normalized spacial score (nSPS) is 10.7. The van der Waals surface area contributed by atoms with Crippen molar-refractivity contribution in [3.05, 3.63) is 59.5 Å². The number of aromatic nitrogens is 1. The minimum absolute atomic E-state index is 0.0235. The zero-order chi connectivity index (χ0) is 14.1. The van der Waals surface area contributed by atoms with Gasteiger partial charge < -0.3 is 9.73 Å². The summed E-state index contributed by atoms with van der Waals surface area (Å²) in [6.07, 6.45) is 0. The molecule has 0 spiro atoms. The van der Waals surface area contributed by atoms with Gasteiger partial charge in [-0.2, -0.15) is 0 Å². The van der Waals surface area contributed by atoms with Crippen molar-refractivity contribution in [2.24, 2.45) is 0 Å². The van der Waals surface area contributed by atoms with E-state index in [1.807, 2.05) is 25.2 Å². The fourth-order valence-electron chi connectivity index (χ4n) is 2.17. The fourth-order valence-corrected chi connectivity index (χ4v) is 2.17. The molecule has 3 rings (SSSR count). The molecule has 2 aromatic carbocycles. The fraction of sp³-hybridized carbons (Fsp3) is 0.125. The molecule has 0 radical (unpaired) electrons. The number of rotatable bonds is 3. The van der Waals surface area contributed by atoms with Gasteiger partial charge in [-0.25, -0.2) is 4.98 Å². The van der Waals surface area contributed by atoms with Crippen LogP contribution in [-0.4, -0.2) is 17.8 Å². The van der Waals surface area contributed by atoms with Crippen LogP contribution in [0.3, 0.4) is 0 Å². The van der Waals surface area contributed by atoms with E-state index in [1.165, 1.54) is 0 Å². The number of anilines is 1. The Morgan fingerprint density at radius 1 is 1.15 bits per heavy atom. The third-order valence-electron chi connectivity index (χ3n) is 3.17. The zero-order valence-corrected chi connectivity index (χ0v) is 11.3. The van der Waals surface area contributed by atoms with Crippen molar-refractivity contribution in [1.29, 1.82) is 0 Å². The smallest absolute Gasteiger partial charge is 0.193 e. The second-order valence-electron chi connectivity index (χ2n) is 4.58. The average molecular weight is 266 g/mol. The monoisotopic (exact) mass is 266 g/mol. The number of nitrogens with one attached hydrogen (secondary N) is 1. The van der Waals surface area contributed by atoms with Crippen LogP contribution in [0, 0.1) is 6.92 Å². The number of nitrogens with zero attached hydrogens (tertiary/aromatic N) is 1. The maximum Gasteiger partial charge on any atom is 0.193 e. The van der Waals surface area contributed by atoms with Crippen LogP contribution in [0.2, 0.25) is 0 Å². The molecule has 0 bridgehead atoms. The minimum atomic E-state index is -0.0235. The van der Waals surface area contributed by atoms with E-state index in [1.54, 1.807) is 31.2 Å². The van der Waals surface area contributed by atoms with Gasteiger partial charge in [0.15, 0.2) is 17.3 Å². The summed E-state index contributed by atoms with van der Waals surface area (Å²) in [5.41, 5.74) is 3.57. The van der Waals surface area contributed by atoms with Crippen LogP contribution in [0.25, 0.3) is 11.1 Å². The van der Waals surface area contributed by atoms with Crippen LogP contribution in [0.5, 0.6) is 0 Å². The van der Waals surface area contributed by atoms with Crippen molar-refractivity contribution in [3.63, 3.8) is 0 Å². The number of ketones is 1. The molecule has 0 aliphatic heterocycles. The van der Waals surface area contributed by atoms with E-state index in [9.17, 15) is 4.79 Å². The molecule has 0 saturated heterocycles. The van der Waals surface area contributed by atoms with E-state index in [0.717, 1.165) is 5.69 Å². The van der Waals surface area contributed by atoms with E-state index < -0.39 is 0 Å². The molecule has 100 valence electrons. The van der Waals surface area contributed by atoms with Crippen molar-refractivity contribution in [2.75, 3.05) is 12.4 Å². The highest BCUT2D eigenvalue weighted by molar-refractivity contribution is 6.10. The summed E-state index contributed by atoms with van der Waals surface area (Å²) in [7, 11) is 1.83. The summed E-state index contributed by atoms with van der Waals surface area (Å²) >= 11 is 0. The van der Waals surface area contributed by atoms with Gasteiger partial charge in [-0.3, -0.25) is 4.79 Å². The first-order valence-corrected chi connectivity index (χ1v) is 6.37. The Morgan fingerprint density at radius 3 is 2.75 bits per heavy atom. The number of fused-ring (bicyclic) bond motifs is 1. The lowest BCUT2D eigenvalue weighted by Gasteiger charge is -2.04. The standard InChI is InChI=1S/C16H14N2O2/c1-10-18-14-9-12(6-7-15(14)20-10)16(19)11-4-3-5-13(8-11)17-2/h3-9,17H,1-2H3. The number of carbonyl (C=O) groups is 1. The maximum atomic E-state index is 12.5. The van der Waals surface area contributed by atoms with Gasteiger partial charge in [0.2, 0.25) is 0 Å². The largest absolute Gasteiger partial charge is 0.441 e. The number of oxazole rings is 1. The summed E-state index contributed by atoms with van der Waals surface area (Å²) in [6.45, 7) is 1.79. The van der Waals surface area contributed by atoms with E-state index in [2.05, 4.69) is 10.3 Å². The molecule has 20 heavy (non-hydrogen) atoms. The quantitative estimate of drug-likeness (QED) is 0.738. The van der Waals surface area contributed by atoms with Gasteiger partial charge in [-0.1, -0.05) is 12.1 Å². The minimum Gasteiger partial charge on any atom is -0.441 e. The Bertz CT molecular complexity index is 790. The Morgan fingerprint density at radius 2 is 1.95 bits per heavy atom. The lowest BCUT2D eigenvalue weighted by Crippen LogP contribution is -2.02. The molecule has 4 heteroatoms. The van der Waals surface area contributed by atoms with Crippen LogP contribution >= 0.6 is 0 Å². The average Bonchev–Trinajstić information content (AvgIpc) is 2.85. The first-order valence-electron chi connectivity index (χ1n) is 6.37. The second kappa shape index (κ2) is 4.81. The van der Waals surface area contributed by atoms with Gasteiger partial charge in [-0.15, -0.1) is 0 Å². The highest BCUT2D eigenvalue weighted by Gasteiger charge is 2.12. The highest BCUT2D eigenvalue weighted by Crippen LogP contribution is 2.20. The summed E-state index contributed by atoms with van der Waals surface area (Å²) in [6, 6.07) is 12.7. The van der Waals surface area contributed by atoms with Crippen LogP contribution in [0.4, 0.5) is 5.69 Å². The molecule has 0 aliphatic carbocycles. The van der Waals surface area contributed by atoms with Crippen molar-refractivity contribution in [1.82, 2.24) is 4.98 Å². The molecule has 0 aliphatic rings. The van der Waals surface area contributed by atoms with Crippen LogP contribution in [0.15, 0.2) is 46.9 Å². The number of hydrogen-bond donors (Lipinski definition) is 1. The molecular weight excluding hydrogens is 252 g/mol. The summed E-state index contributed by atoms with van der Waals surface area (Å²) in [4.78, 5) is 16.7. The van der Waals surface area contributed by atoms with Gasteiger partial charge in [0.05, 0.1) is 0 Å². The molecule has 0 amide bonds. The van der Waals surface area contributed by atoms with Gasteiger partial charge in [0.1, 0.15) is 5.52 Å². The van der Waals surface area contributed by atoms with Crippen molar-refractivity contribution in [2.45, 2.75) is 6.92 Å². The topological polar surface area (TPSA) is 55.1 Å². The maximum absolute atomic E-state index is 12.5. The predicted molar refractivity (Wildman–Crippen MR) is 78.2 cm³/mol. The van der Waals surface area contributed by atoms with E-state index in [0.29, 0.717) is 28.1 Å². The Hall–Kier alpha value is -2.62. The molecule has 0 atom stereocenters. The second-order valence-corrected chi connectivity index (χ2v) is 4.58. The van der Waals surface area contributed by atoms with E-state index in [-0.39, 0.29) is 5.78 Å². The number of carbonyl (C=O) groups excluding carboxylic acids is 1. The molecule has 0 fully saturated rings. The van der Waals surface area contributed by atoms with Gasteiger partial charge >= 0.3 is 0 Å². The van der Waals surface area contributed by atoms with Gasteiger partial charge in [0, 0.05) is 30.8 Å². The predicted octanol–water partition coefficient (Wildman–Crippen LogP) is 3.41. The number of aryl methyl sites for hydroxylation is 1. The van der Waals surface area contributed by atoms with Crippen molar-refractivity contribution >= 4 is 22.6 Å². The summed E-state index contributed by atoms with van der Waals surface area (Å²) in [5, 5.41) is 3.03. The molecule has 1 heterocycles. The lowest BCUT2D eigenvalue weighted by atomic mass is 10.0. The first-order chi connectivity index (χ1) is 9.67. The Balaban J connectivity index is 2.02. The number of hydrogen-bond acceptors (Lipinski definition) is 4. The third kappa shape index (κ3) is 2.16. The van der Waals surface area contributed by atoms with Crippen LogP contribution < -0.4 is 5.32 Å². The summed E-state index contributed by atoms with van der Waals surface area (Å²) < 4.78 is 5.41.